The van der Waals surface area contributed by atoms with Crippen LogP contribution in [-0.2, 0) is 6.42 Å². The van der Waals surface area contributed by atoms with Gasteiger partial charge in [-0.2, -0.15) is 15.0 Å². The maximum atomic E-state index is 11.4. The number of benzene rings is 1. The van der Waals surface area contributed by atoms with Crippen molar-refractivity contribution in [1.82, 2.24) is 20.3 Å². The van der Waals surface area contributed by atoms with Crippen LogP contribution in [0.1, 0.15) is 45.1 Å². The van der Waals surface area contributed by atoms with Crippen molar-refractivity contribution in [3.63, 3.8) is 0 Å². The Morgan fingerprint density at radius 1 is 1.14 bits per heavy atom. The summed E-state index contributed by atoms with van der Waals surface area (Å²) in [6.45, 7) is 10.0. The molecule has 192 valence electrons. The third kappa shape index (κ3) is 4.15. The second kappa shape index (κ2) is 9.14. The molecule has 1 aromatic heterocycles. The van der Waals surface area contributed by atoms with Crippen LogP contribution in [0.3, 0.4) is 0 Å². The topological polar surface area (TPSA) is 112 Å². The Bertz CT molecular complexity index is 1140. The third-order valence-electron chi connectivity index (χ3n) is 9.18. The van der Waals surface area contributed by atoms with Gasteiger partial charge in [0.2, 0.25) is 17.8 Å². The third-order valence-corrected chi connectivity index (χ3v) is 9.18. The van der Waals surface area contributed by atoms with Crippen molar-refractivity contribution in [3.8, 4) is 0 Å². The quantitative estimate of drug-likeness (QED) is 0.460. The van der Waals surface area contributed by atoms with Crippen molar-refractivity contribution in [2.75, 3.05) is 54.4 Å². The molecular weight excluding hydrogens is 456 g/mol. The van der Waals surface area contributed by atoms with Gasteiger partial charge in [-0.3, -0.25) is 10.1 Å². The molecule has 0 spiro atoms. The lowest BCUT2D eigenvalue weighted by molar-refractivity contribution is -0.384. The van der Waals surface area contributed by atoms with E-state index in [9.17, 15) is 10.1 Å². The minimum absolute atomic E-state index is 0.0885. The fraction of sp³-hybridized carbons (Fsp3) is 0.654. The first kappa shape index (κ1) is 23.4. The fourth-order valence-electron chi connectivity index (χ4n) is 6.86. The number of nitrogens with zero attached hydrogens (tertiary/aromatic N) is 6. The van der Waals surface area contributed by atoms with Crippen molar-refractivity contribution in [3.05, 3.63) is 33.9 Å². The van der Waals surface area contributed by atoms with E-state index >= 15 is 0 Å². The highest BCUT2D eigenvalue weighted by molar-refractivity contribution is 5.69. The summed E-state index contributed by atoms with van der Waals surface area (Å²) in [5, 5.41) is 18.4. The van der Waals surface area contributed by atoms with Crippen molar-refractivity contribution < 1.29 is 4.92 Å². The van der Waals surface area contributed by atoms with Gasteiger partial charge < -0.3 is 20.4 Å². The molecule has 0 amide bonds. The van der Waals surface area contributed by atoms with E-state index in [0.717, 1.165) is 68.7 Å². The number of nitro groups is 1. The Morgan fingerprint density at radius 3 is 2.81 bits per heavy atom. The Hall–Kier alpha value is -3.01. The van der Waals surface area contributed by atoms with E-state index in [0.29, 0.717) is 35.7 Å². The average molecular weight is 493 g/mol. The van der Waals surface area contributed by atoms with Gasteiger partial charge in [-0.05, 0) is 67.4 Å². The highest BCUT2D eigenvalue weighted by Crippen LogP contribution is 2.61. The second-order valence-corrected chi connectivity index (χ2v) is 11.4. The SMILES string of the molecule is CC1(C)[C@H]2CC[C@@H](CNc3nc(N4CCCNCC4)nc(N4CCc5ccc([N+](=O)[O-])cc54)n3)[C@@H]1C2. The van der Waals surface area contributed by atoms with Crippen molar-refractivity contribution in [1.29, 1.82) is 0 Å². The molecule has 3 heterocycles. The number of nitro benzene ring substituents is 1. The van der Waals surface area contributed by atoms with Gasteiger partial charge >= 0.3 is 0 Å². The molecule has 3 atom stereocenters. The van der Waals surface area contributed by atoms with Crippen molar-refractivity contribution >= 4 is 29.2 Å². The lowest BCUT2D eigenvalue weighted by Gasteiger charge is -2.60. The van der Waals surface area contributed by atoms with E-state index < -0.39 is 0 Å². The van der Waals surface area contributed by atoms with Crippen molar-refractivity contribution in [2.24, 2.45) is 23.2 Å². The minimum atomic E-state index is -0.344. The van der Waals surface area contributed by atoms with Gasteiger partial charge in [-0.1, -0.05) is 19.9 Å². The van der Waals surface area contributed by atoms with Crippen LogP contribution < -0.4 is 20.4 Å². The molecule has 0 unspecified atom stereocenters. The number of anilines is 4. The van der Waals surface area contributed by atoms with Gasteiger partial charge in [0.1, 0.15) is 0 Å². The Morgan fingerprint density at radius 2 is 2.00 bits per heavy atom. The van der Waals surface area contributed by atoms with Crippen molar-refractivity contribution in [2.45, 2.75) is 46.0 Å². The van der Waals surface area contributed by atoms with E-state index in [1.165, 1.54) is 19.3 Å². The summed E-state index contributed by atoms with van der Waals surface area (Å²) < 4.78 is 0. The highest BCUT2D eigenvalue weighted by atomic mass is 16.6. The summed E-state index contributed by atoms with van der Waals surface area (Å²) in [7, 11) is 0. The molecule has 0 radical (unpaired) electrons. The molecule has 3 aliphatic carbocycles. The smallest absolute Gasteiger partial charge is 0.271 e. The molecule has 1 saturated heterocycles. The first-order valence-electron chi connectivity index (χ1n) is 13.4. The number of aromatic nitrogens is 3. The van der Waals surface area contributed by atoms with Crippen LogP contribution in [0.15, 0.2) is 18.2 Å². The zero-order chi connectivity index (χ0) is 24.9. The van der Waals surface area contributed by atoms with Gasteiger partial charge in [-0.15, -0.1) is 0 Å². The standard InChI is InChI=1S/C26H36N8O2/c1-26(2)19-6-4-18(21(26)14-19)16-28-23-29-24(32-11-3-9-27-10-13-32)31-25(30-23)33-12-8-17-5-7-20(34(35)36)15-22(17)33/h5,7,15,18-19,21,27H,3-4,6,8-14,16H2,1-2H3,(H,28,29,30,31)/t18-,19-,21-/m0/s1. The molecule has 2 aliphatic heterocycles. The lowest BCUT2D eigenvalue weighted by atomic mass is 9.45. The van der Waals surface area contributed by atoms with Crippen LogP contribution in [0.2, 0.25) is 0 Å². The number of non-ortho nitro benzene ring substituents is 1. The summed E-state index contributed by atoms with van der Waals surface area (Å²) in [5.41, 5.74) is 2.43. The van der Waals surface area contributed by atoms with Gasteiger partial charge in [0, 0.05) is 44.9 Å². The molecule has 10 heteroatoms. The van der Waals surface area contributed by atoms with E-state index in [4.69, 9.17) is 15.0 Å². The molecule has 36 heavy (non-hydrogen) atoms. The zero-order valence-electron chi connectivity index (χ0n) is 21.2. The maximum Gasteiger partial charge on any atom is 0.271 e. The first-order chi connectivity index (χ1) is 17.4. The predicted octanol–water partition coefficient (Wildman–Crippen LogP) is 3.76. The summed E-state index contributed by atoms with van der Waals surface area (Å²) in [4.78, 5) is 29.9. The predicted molar refractivity (Wildman–Crippen MR) is 140 cm³/mol. The van der Waals surface area contributed by atoms with Crippen LogP contribution in [0, 0.1) is 33.3 Å². The fourth-order valence-corrected chi connectivity index (χ4v) is 6.86. The van der Waals surface area contributed by atoms with Gasteiger partial charge in [-0.25, -0.2) is 0 Å². The molecular formula is C26H36N8O2. The Balaban J connectivity index is 1.30. The van der Waals surface area contributed by atoms with E-state index in [1.54, 1.807) is 12.1 Å². The van der Waals surface area contributed by atoms with Crippen LogP contribution >= 0.6 is 0 Å². The molecule has 1 aromatic carbocycles. The lowest BCUT2D eigenvalue weighted by Crippen LogP contribution is -2.53. The first-order valence-corrected chi connectivity index (χ1v) is 13.4. The second-order valence-electron chi connectivity index (χ2n) is 11.4. The number of hydrogen-bond donors (Lipinski definition) is 2. The molecule has 3 saturated carbocycles. The van der Waals surface area contributed by atoms with Crippen LogP contribution in [0.25, 0.3) is 0 Å². The number of nitrogens with one attached hydrogen (secondary N) is 2. The largest absolute Gasteiger partial charge is 0.354 e. The minimum Gasteiger partial charge on any atom is -0.354 e. The molecule has 7 rings (SSSR count). The molecule has 2 bridgehead atoms. The van der Waals surface area contributed by atoms with Crippen LogP contribution in [-0.4, -0.2) is 59.1 Å². The number of fused-ring (bicyclic) bond motifs is 3. The van der Waals surface area contributed by atoms with Crippen LogP contribution in [0.4, 0.5) is 29.2 Å². The number of rotatable bonds is 6. The van der Waals surface area contributed by atoms with Crippen LogP contribution in [0.5, 0.6) is 0 Å². The van der Waals surface area contributed by atoms with E-state index in [-0.39, 0.29) is 10.6 Å². The highest BCUT2D eigenvalue weighted by Gasteiger charge is 2.53. The molecule has 5 aliphatic rings. The zero-order valence-corrected chi connectivity index (χ0v) is 21.2. The maximum absolute atomic E-state index is 11.4. The molecule has 2 aromatic rings. The Kier molecular flexibility index (Phi) is 5.94. The summed E-state index contributed by atoms with van der Waals surface area (Å²) in [5.74, 6) is 4.11. The summed E-state index contributed by atoms with van der Waals surface area (Å²) in [6.07, 6.45) is 5.76. The van der Waals surface area contributed by atoms with Gasteiger partial charge in [0.05, 0.1) is 10.6 Å². The normalized spacial score (nSPS) is 26.7. The van der Waals surface area contributed by atoms with E-state index in [2.05, 4.69) is 29.4 Å². The Labute approximate surface area is 212 Å². The molecule has 2 N–H and O–H groups in total. The summed E-state index contributed by atoms with van der Waals surface area (Å²) >= 11 is 0. The monoisotopic (exact) mass is 492 g/mol. The molecule has 10 nitrogen and oxygen atoms in total. The van der Waals surface area contributed by atoms with Gasteiger partial charge in [0.15, 0.2) is 0 Å². The van der Waals surface area contributed by atoms with E-state index in [1.807, 2.05) is 11.0 Å². The average Bonchev–Trinajstić information content (AvgIpc) is 3.11. The number of hydrogen-bond acceptors (Lipinski definition) is 9. The van der Waals surface area contributed by atoms with Gasteiger partial charge in [0.25, 0.3) is 5.69 Å². The molecule has 4 fully saturated rings. The summed E-state index contributed by atoms with van der Waals surface area (Å²) in [6, 6.07) is 5.08.